The predicted octanol–water partition coefficient (Wildman–Crippen LogP) is 2.60. The third kappa shape index (κ3) is 4.86. The molecule has 1 saturated heterocycles. The first-order chi connectivity index (χ1) is 13.4. The van der Waals surface area contributed by atoms with Crippen molar-refractivity contribution in [3.05, 3.63) is 34.6 Å². The number of rotatable bonds is 5. The number of amides is 3. The Kier molecular flexibility index (Phi) is 6.61. The Balaban J connectivity index is 1.69. The molecule has 7 nitrogen and oxygen atoms in total. The van der Waals surface area contributed by atoms with E-state index in [9.17, 15) is 19.1 Å². The van der Waals surface area contributed by atoms with E-state index in [1.54, 1.807) is 17.0 Å². The lowest BCUT2D eigenvalue weighted by molar-refractivity contribution is 0.0464. The van der Waals surface area contributed by atoms with E-state index in [1.165, 1.54) is 18.1 Å². The number of aliphatic hydroxyl groups is 1. The molecule has 3 amide bonds. The first-order valence-corrected chi connectivity index (χ1v) is 9.74. The van der Waals surface area contributed by atoms with Crippen LogP contribution >= 0.6 is 11.6 Å². The van der Waals surface area contributed by atoms with Gasteiger partial charge in [0.2, 0.25) is 0 Å². The smallest absolute Gasteiger partial charge is 0.409 e. The van der Waals surface area contributed by atoms with E-state index < -0.39 is 11.9 Å². The number of nitrogens with one attached hydrogen (secondary N) is 1. The van der Waals surface area contributed by atoms with Gasteiger partial charge in [0.1, 0.15) is 5.82 Å². The zero-order valence-electron chi connectivity index (χ0n) is 15.7. The molecule has 154 valence electrons. The van der Waals surface area contributed by atoms with E-state index in [1.807, 2.05) is 0 Å². The minimum absolute atomic E-state index is 0.0436. The van der Waals surface area contributed by atoms with Crippen molar-refractivity contribution in [1.29, 1.82) is 0 Å². The number of urea groups is 1. The SMILES string of the molecule is COC(=O)N1C[C@@H](CO)C[C@@H](N(C(=O)NCc2ccc(Cl)cc2F)C2CC2)C1. The number of aliphatic hydroxyl groups excluding tert-OH is 1. The summed E-state index contributed by atoms with van der Waals surface area (Å²) in [5.41, 5.74) is 0.349. The first-order valence-electron chi connectivity index (χ1n) is 9.36. The zero-order chi connectivity index (χ0) is 20.3. The number of nitrogens with zero attached hydrogens (tertiary/aromatic N) is 2. The highest BCUT2D eigenvalue weighted by molar-refractivity contribution is 6.30. The summed E-state index contributed by atoms with van der Waals surface area (Å²) in [6, 6.07) is 3.89. The van der Waals surface area contributed by atoms with Gasteiger partial charge in [-0.25, -0.2) is 14.0 Å². The van der Waals surface area contributed by atoms with Crippen LogP contribution in [0.4, 0.5) is 14.0 Å². The number of carbonyl (C=O) groups is 2. The largest absolute Gasteiger partial charge is 0.453 e. The van der Waals surface area contributed by atoms with Crippen LogP contribution in [0.3, 0.4) is 0 Å². The lowest BCUT2D eigenvalue weighted by atomic mass is 9.94. The van der Waals surface area contributed by atoms with Crippen LogP contribution in [0.15, 0.2) is 18.2 Å². The molecule has 0 radical (unpaired) electrons. The maximum absolute atomic E-state index is 14.0. The van der Waals surface area contributed by atoms with Gasteiger partial charge in [0.05, 0.1) is 13.2 Å². The number of piperidine rings is 1. The molecule has 1 heterocycles. The molecule has 2 N–H and O–H groups in total. The number of hydrogen-bond acceptors (Lipinski definition) is 4. The molecule has 0 unspecified atom stereocenters. The Morgan fingerprint density at radius 1 is 1.36 bits per heavy atom. The molecule has 9 heteroatoms. The Morgan fingerprint density at radius 2 is 2.11 bits per heavy atom. The normalized spacial score (nSPS) is 21.9. The molecular formula is C19H25ClFN3O4. The van der Waals surface area contributed by atoms with Crippen molar-refractivity contribution in [3.63, 3.8) is 0 Å². The van der Waals surface area contributed by atoms with Gasteiger partial charge in [-0.2, -0.15) is 0 Å². The van der Waals surface area contributed by atoms with Gasteiger partial charge >= 0.3 is 12.1 Å². The molecule has 2 atom stereocenters. The molecule has 2 aliphatic rings. The number of likely N-dealkylation sites (tertiary alicyclic amines) is 1. The van der Waals surface area contributed by atoms with Crippen molar-refractivity contribution in [2.24, 2.45) is 5.92 Å². The average Bonchev–Trinajstić information content (AvgIpc) is 3.51. The van der Waals surface area contributed by atoms with E-state index >= 15 is 0 Å². The van der Waals surface area contributed by atoms with Crippen LogP contribution in [0, 0.1) is 11.7 Å². The number of methoxy groups -OCH3 is 1. The third-order valence-electron chi connectivity index (χ3n) is 5.22. The van der Waals surface area contributed by atoms with Gasteiger partial charge < -0.3 is 25.0 Å². The maximum Gasteiger partial charge on any atom is 0.409 e. The molecule has 2 fully saturated rings. The Labute approximate surface area is 168 Å². The van der Waals surface area contributed by atoms with Crippen LogP contribution in [0.25, 0.3) is 0 Å². The monoisotopic (exact) mass is 413 g/mol. The van der Waals surface area contributed by atoms with Gasteiger partial charge in [-0.3, -0.25) is 0 Å². The Bertz CT molecular complexity index is 731. The van der Waals surface area contributed by atoms with Crippen LogP contribution in [0.5, 0.6) is 0 Å². The highest BCUT2D eigenvalue weighted by Crippen LogP contribution is 2.33. The van der Waals surface area contributed by atoms with Gasteiger partial charge in [0.15, 0.2) is 0 Å². The summed E-state index contributed by atoms with van der Waals surface area (Å²) in [5.74, 6) is -0.596. The van der Waals surface area contributed by atoms with Crippen molar-refractivity contribution in [2.75, 3.05) is 26.8 Å². The molecule has 3 rings (SSSR count). The van der Waals surface area contributed by atoms with Crippen LogP contribution < -0.4 is 5.32 Å². The number of hydrogen-bond donors (Lipinski definition) is 2. The van der Waals surface area contributed by atoms with Crippen molar-refractivity contribution < 1.29 is 23.8 Å². The van der Waals surface area contributed by atoms with Crippen LogP contribution in [0.1, 0.15) is 24.8 Å². The average molecular weight is 414 g/mol. The van der Waals surface area contributed by atoms with Gasteiger partial charge in [-0.05, 0) is 31.4 Å². The Hall–Kier alpha value is -2.06. The molecule has 1 aliphatic carbocycles. The van der Waals surface area contributed by atoms with E-state index in [4.69, 9.17) is 16.3 Å². The second-order valence-electron chi connectivity index (χ2n) is 7.35. The number of halogens is 2. The lowest BCUT2D eigenvalue weighted by Gasteiger charge is -2.41. The predicted molar refractivity (Wildman–Crippen MR) is 101 cm³/mol. The van der Waals surface area contributed by atoms with Crippen molar-refractivity contribution in [2.45, 2.75) is 37.9 Å². The quantitative estimate of drug-likeness (QED) is 0.777. The molecule has 1 aliphatic heterocycles. The minimum Gasteiger partial charge on any atom is -0.453 e. The van der Waals surface area contributed by atoms with Crippen LogP contribution in [-0.4, -0.2) is 65.9 Å². The second-order valence-corrected chi connectivity index (χ2v) is 7.78. The lowest BCUT2D eigenvalue weighted by Crippen LogP contribution is -2.57. The summed E-state index contributed by atoms with van der Waals surface area (Å²) in [7, 11) is 1.31. The van der Waals surface area contributed by atoms with E-state index in [0.717, 1.165) is 12.8 Å². The molecular weight excluding hydrogens is 389 g/mol. The zero-order valence-corrected chi connectivity index (χ0v) is 16.5. The summed E-state index contributed by atoms with van der Waals surface area (Å²) >= 11 is 5.76. The molecule has 1 saturated carbocycles. The number of benzene rings is 1. The van der Waals surface area contributed by atoms with Gasteiger partial charge in [0.25, 0.3) is 0 Å². The van der Waals surface area contributed by atoms with Crippen LogP contribution in [-0.2, 0) is 11.3 Å². The highest BCUT2D eigenvalue weighted by Gasteiger charge is 2.42. The second kappa shape index (κ2) is 8.96. The first kappa shape index (κ1) is 20.7. The fourth-order valence-corrected chi connectivity index (χ4v) is 3.85. The Morgan fingerprint density at radius 3 is 2.71 bits per heavy atom. The van der Waals surface area contributed by atoms with Crippen LogP contribution in [0.2, 0.25) is 5.02 Å². The third-order valence-corrected chi connectivity index (χ3v) is 5.45. The molecule has 0 spiro atoms. The molecule has 0 bridgehead atoms. The summed E-state index contributed by atoms with van der Waals surface area (Å²) in [5, 5.41) is 12.7. The van der Waals surface area contributed by atoms with Crippen molar-refractivity contribution in [3.8, 4) is 0 Å². The van der Waals surface area contributed by atoms with E-state index in [2.05, 4.69) is 5.32 Å². The van der Waals surface area contributed by atoms with E-state index in [0.29, 0.717) is 30.1 Å². The molecule has 28 heavy (non-hydrogen) atoms. The number of carbonyl (C=O) groups excluding carboxylic acids is 2. The van der Waals surface area contributed by atoms with Crippen molar-refractivity contribution >= 4 is 23.7 Å². The van der Waals surface area contributed by atoms with Crippen molar-refractivity contribution in [1.82, 2.24) is 15.1 Å². The van der Waals surface area contributed by atoms with Gasteiger partial charge in [-0.15, -0.1) is 0 Å². The summed E-state index contributed by atoms with van der Waals surface area (Å²) in [4.78, 5) is 28.1. The minimum atomic E-state index is -0.472. The molecule has 1 aromatic rings. The maximum atomic E-state index is 14.0. The fraction of sp³-hybridized carbons (Fsp3) is 0.579. The molecule has 1 aromatic carbocycles. The summed E-state index contributed by atoms with van der Waals surface area (Å²) in [6.07, 6.45) is 1.91. The standard InChI is InChI=1S/C19H25ClFN3O4/c1-28-19(27)23-9-12(11-25)6-16(10-23)24(15-4-5-15)18(26)22-8-13-2-3-14(20)7-17(13)21/h2-3,7,12,15-16,25H,4-6,8-11H2,1H3,(H,22,26)/t12-,16+/m0/s1. The topological polar surface area (TPSA) is 82.1 Å². The van der Waals surface area contributed by atoms with Gasteiger partial charge in [-0.1, -0.05) is 17.7 Å². The number of ether oxygens (including phenoxy) is 1. The van der Waals surface area contributed by atoms with Gasteiger partial charge in [0, 0.05) is 48.8 Å². The fourth-order valence-electron chi connectivity index (χ4n) is 3.70. The van der Waals surface area contributed by atoms with E-state index in [-0.39, 0.29) is 37.2 Å². The highest BCUT2D eigenvalue weighted by atomic mass is 35.5. The summed E-state index contributed by atoms with van der Waals surface area (Å²) in [6.45, 7) is 0.722. The molecule has 0 aromatic heterocycles. The summed E-state index contributed by atoms with van der Waals surface area (Å²) < 4.78 is 18.8.